The van der Waals surface area contributed by atoms with Gasteiger partial charge in [-0.2, -0.15) is 4.98 Å². The molecule has 0 N–H and O–H groups in total. The fourth-order valence-electron chi connectivity index (χ4n) is 3.40. The third-order valence-electron chi connectivity index (χ3n) is 4.80. The summed E-state index contributed by atoms with van der Waals surface area (Å²) in [6, 6.07) is 6.66. The van der Waals surface area contributed by atoms with Gasteiger partial charge in [-0.15, -0.1) is 0 Å². The third kappa shape index (κ3) is 3.32. The minimum Gasteiger partial charge on any atom is -0.495 e. The van der Waals surface area contributed by atoms with Crippen LogP contribution in [0.1, 0.15) is 12.0 Å². The maximum Gasteiger partial charge on any atom is 0.269 e. The SMILES string of the molecule is COc1ccccc1S(=O)(=O)N1CCCc2cnc(N3CCOCC3)nc21. The fourth-order valence-corrected chi connectivity index (χ4v) is 5.05. The number of aromatic nitrogens is 2. The van der Waals surface area contributed by atoms with Crippen LogP contribution in [0.4, 0.5) is 11.8 Å². The summed E-state index contributed by atoms with van der Waals surface area (Å²) >= 11 is 0. The summed E-state index contributed by atoms with van der Waals surface area (Å²) < 4.78 is 38.8. The molecule has 2 aromatic rings. The molecule has 1 saturated heterocycles. The Morgan fingerprint density at radius 2 is 1.93 bits per heavy atom. The van der Waals surface area contributed by atoms with E-state index in [1.807, 2.05) is 4.90 Å². The second-order valence-electron chi connectivity index (χ2n) is 6.45. The number of nitrogens with zero attached hydrogens (tertiary/aromatic N) is 4. The molecule has 2 aliphatic heterocycles. The first-order chi connectivity index (χ1) is 13.1. The number of hydrogen-bond acceptors (Lipinski definition) is 7. The van der Waals surface area contributed by atoms with Crippen molar-refractivity contribution in [2.24, 2.45) is 0 Å². The Hall–Kier alpha value is -2.39. The second-order valence-corrected chi connectivity index (χ2v) is 8.28. The first kappa shape index (κ1) is 18.0. The van der Waals surface area contributed by atoms with E-state index in [1.165, 1.54) is 11.4 Å². The minimum atomic E-state index is -3.79. The van der Waals surface area contributed by atoms with Crippen molar-refractivity contribution >= 4 is 21.8 Å². The molecular formula is C18H22N4O4S. The van der Waals surface area contributed by atoms with Gasteiger partial charge in [-0.1, -0.05) is 12.1 Å². The average Bonchev–Trinajstić information content (AvgIpc) is 2.73. The Morgan fingerprint density at radius 3 is 2.70 bits per heavy atom. The summed E-state index contributed by atoms with van der Waals surface area (Å²) in [5, 5.41) is 0. The zero-order valence-electron chi connectivity index (χ0n) is 15.2. The summed E-state index contributed by atoms with van der Waals surface area (Å²) in [6.45, 7) is 3.00. The average molecular weight is 390 g/mol. The molecule has 0 bridgehead atoms. The van der Waals surface area contributed by atoms with Crippen LogP contribution in [0, 0.1) is 0 Å². The van der Waals surface area contributed by atoms with Crippen molar-refractivity contribution in [2.75, 3.05) is 49.2 Å². The number of fused-ring (bicyclic) bond motifs is 1. The van der Waals surface area contributed by atoms with E-state index < -0.39 is 10.0 Å². The molecule has 1 aromatic heterocycles. The molecule has 144 valence electrons. The molecule has 8 nitrogen and oxygen atoms in total. The van der Waals surface area contributed by atoms with Gasteiger partial charge in [0.05, 0.1) is 20.3 Å². The first-order valence-corrected chi connectivity index (χ1v) is 10.4. The van der Waals surface area contributed by atoms with Gasteiger partial charge in [-0.3, -0.25) is 0 Å². The summed E-state index contributed by atoms with van der Waals surface area (Å²) in [4.78, 5) is 11.2. The largest absolute Gasteiger partial charge is 0.495 e. The molecule has 0 radical (unpaired) electrons. The number of morpholine rings is 1. The van der Waals surface area contributed by atoms with Crippen molar-refractivity contribution in [3.63, 3.8) is 0 Å². The number of benzene rings is 1. The summed E-state index contributed by atoms with van der Waals surface area (Å²) in [5.41, 5.74) is 0.844. The van der Waals surface area contributed by atoms with Gasteiger partial charge in [0.25, 0.3) is 10.0 Å². The molecular weight excluding hydrogens is 368 g/mol. The molecule has 3 heterocycles. The number of ether oxygens (including phenoxy) is 2. The second kappa shape index (κ2) is 7.32. The van der Waals surface area contributed by atoms with Crippen LogP contribution in [-0.4, -0.2) is 58.3 Å². The highest BCUT2D eigenvalue weighted by Crippen LogP contribution is 2.34. The Bertz CT molecular complexity index is 929. The molecule has 0 spiro atoms. The normalized spacial score (nSPS) is 17.5. The monoisotopic (exact) mass is 390 g/mol. The van der Waals surface area contributed by atoms with Crippen LogP contribution < -0.4 is 13.9 Å². The molecule has 1 fully saturated rings. The minimum absolute atomic E-state index is 0.145. The maximum atomic E-state index is 13.4. The fraction of sp³-hybridized carbons (Fsp3) is 0.444. The van der Waals surface area contributed by atoms with Gasteiger partial charge >= 0.3 is 0 Å². The molecule has 27 heavy (non-hydrogen) atoms. The van der Waals surface area contributed by atoms with Crippen molar-refractivity contribution in [3.05, 3.63) is 36.0 Å². The van der Waals surface area contributed by atoms with Gasteiger partial charge in [0.1, 0.15) is 10.6 Å². The van der Waals surface area contributed by atoms with Gasteiger partial charge in [0, 0.05) is 31.4 Å². The number of rotatable bonds is 4. The van der Waals surface area contributed by atoms with E-state index in [9.17, 15) is 8.42 Å². The lowest BCUT2D eigenvalue weighted by Crippen LogP contribution is -2.39. The third-order valence-corrected chi connectivity index (χ3v) is 6.63. The number of aryl methyl sites for hydroxylation is 1. The van der Waals surface area contributed by atoms with Gasteiger partial charge in [-0.05, 0) is 25.0 Å². The lowest BCUT2D eigenvalue weighted by molar-refractivity contribution is 0.122. The Morgan fingerprint density at radius 1 is 1.15 bits per heavy atom. The molecule has 4 rings (SSSR count). The van der Waals surface area contributed by atoms with Gasteiger partial charge in [-0.25, -0.2) is 17.7 Å². The highest BCUT2D eigenvalue weighted by atomic mass is 32.2. The van der Waals surface area contributed by atoms with Crippen LogP contribution in [-0.2, 0) is 21.2 Å². The van der Waals surface area contributed by atoms with E-state index in [2.05, 4.69) is 9.97 Å². The van der Waals surface area contributed by atoms with Gasteiger partial charge < -0.3 is 14.4 Å². The molecule has 0 aliphatic carbocycles. The predicted molar refractivity (Wildman–Crippen MR) is 101 cm³/mol. The van der Waals surface area contributed by atoms with E-state index in [-0.39, 0.29) is 4.90 Å². The lowest BCUT2D eigenvalue weighted by atomic mass is 10.1. The van der Waals surface area contributed by atoms with Crippen molar-refractivity contribution in [2.45, 2.75) is 17.7 Å². The van der Waals surface area contributed by atoms with E-state index in [0.717, 1.165) is 18.4 Å². The highest BCUT2D eigenvalue weighted by Gasteiger charge is 2.33. The Kier molecular flexibility index (Phi) is 4.88. The van der Waals surface area contributed by atoms with Crippen LogP contribution in [0.15, 0.2) is 35.4 Å². The van der Waals surface area contributed by atoms with E-state index in [1.54, 1.807) is 30.5 Å². The van der Waals surface area contributed by atoms with E-state index in [0.29, 0.717) is 50.4 Å². The lowest BCUT2D eigenvalue weighted by Gasteiger charge is -2.32. The topological polar surface area (TPSA) is 84.9 Å². The molecule has 1 aromatic carbocycles. The smallest absolute Gasteiger partial charge is 0.269 e. The van der Waals surface area contributed by atoms with Crippen LogP contribution in [0.2, 0.25) is 0 Å². The van der Waals surface area contributed by atoms with Crippen LogP contribution in [0.5, 0.6) is 5.75 Å². The number of para-hydroxylation sites is 1. The van der Waals surface area contributed by atoms with E-state index in [4.69, 9.17) is 9.47 Å². The van der Waals surface area contributed by atoms with Crippen molar-refractivity contribution in [1.82, 2.24) is 9.97 Å². The van der Waals surface area contributed by atoms with Crippen molar-refractivity contribution in [3.8, 4) is 5.75 Å². The van der Waals surface area contributed by atoms with Gasteiger partial charge in [0.2, 0.25) is 5.95 Å². The molecule has 2 aliphatic rings. The Balaban J connectivity index is 1.75. The molecule has 9 heteroatoms. The van der Waals surface area contributed by atoms with Crippen LogP contribution in [0.3, 0.4) is 0 Å². The van der Waals surface area contributed by atoms with Crippen LogP contribution >= 0.6 is 0 Å². The Labute approximate surface area is 158 Å². The quantitative estimate of drug-likeness (QED) is 0.781. The maximum absolute atomic E-state index is 13.4. The van der Waals surface area contributed by atoms with Gasteiger partial charge in [0.15, 0.2) is 5.82 Å². The zero-order valence-corrected chi connectivity index (χ0v) is 16.0. The number of hydrogen-bond donors (Lipinski definition) is 0. The van der Waals surface area contributed by atoms with Crippen LogP contribution in [0.25, 0.3) is 0 Å². The molecule has 0 amide bonds. The van der Waals surface area contributed by atoms with Crippen molar-refractivity contribution in [1.29, 1.82) is 0 Å². The number of anilines is 2. The molecule has 0 atom stereocenters. The zero-order chi connectivity index (χ0) is 18.9. The molecule has 0 unspecified atom stereocenters. The molecule has 0 saturated carbocycles. The van der Waals surface area contributed by atoms with Crippen molar-refractivity contribution < 1.29 is 17.9 Å². The number of methoxy groups -OCH3 is 1. The van der Waals surface area contributed by atoms with E-state index >= 15 is 0 Å². The number of sulfonamides is 1. The summed E-state index contributed by atoms with van der Waals surface area (Å²) in [5.74, 6) is 1.33. The first-order valence-electron chi connectivity index (χ1n) is 8.95. The highest BCUT2D eigenvalue weighted by molar-refractivity contribution is 7.93. The summed E-state index contributed by atoms with van der Waals surface area (Å²) in [7, 11) is -2.32. The predicted octanol–water partition coefficient (Wildman–Crippen LogP) is 1.46. The standard InChI is InChI=1S/C18H22N4O4S/c1-25-15-6-2-3-7-16(15)27(23,24)22-8-4-5-14-13-19-18(20-17(14)22)21-9-11-26-12-10-21/h2-3,6-7,13H,4-5,8-12H2,1H3. The summed E-state index contributed by atoms with van der Waals surface area (Å²) in [6.07, 6.45) is 3.23.